The summed E-state index contributed by atoms with van der Waals surface area (Å²) in [6, 6.07) is 3.56. The van der Waals surface area contributed by atoms with Gasteiger partial charge in [0.1, 0.15) is 18.2 Å². The van der Waals surface area contributed by atoms with Gasteiger partial charge >= 0.3 is 5.97 Å². The Morgan fingerprint density at radius 2 is 2.26 bits per heavy atom. The summed E-state index contributed by atoms with van der Waals surface area (Å²) >= 11 is 0. The van der Waals surface area contributed by atoms with E-state index in [1.54, 1.807) is 6.92 Å². The molecule has 6 nitrogen and oxygen atoms in total. The van der Waals surface area contributed by atoms with Crippen molar-refractivity contribution in [1.29, 1.82) is 0 Å². The van der Waals surface area contributed by atoms with Crippen molar-refractivity contribution in [3.05, 3.63) is 29.6 Å². The third-order valence-corrected chi connectivity index (χ3v) is 4.19. The Bertz CT molecular complexity index is 689. The highest BCUT2D eigenvalue weighted by Crippen LogP contribution is 2.30. The Labute approximate surface area is 131 Å². The lowest BCUT2D eigenvalue weighted by molar-refractivity contribution is -0.156. The molecule has 1 N–H and O–H groups in total. The van der Waals surface area contributed by atoms with E-state index in [2.05, 4.69) is 5.32 Å². The Kier molecular flexibility index (Phi) is 3.79. The van der Waals surface area contributed by atoms with E-state index < -0.39 is 23.3 Å². The zero-order chi connectivity index (χ0) is 16.6. The third-order valence-electron chi connectivity index (χ3n) is 4.19. The van der Waals surface area contributed by atoms with Gasteiger partial charge in [0.05, 0.1) is 17.4 Å². The van der Waals surface area contributed by atoms with Gasteiger partial charge in [0.25, 0.3) is 0 Å². The summed E-state index contributed by atoms with van der Waals surface area (Å²) in [5.74, 6) is -1.62. The molecule has 122 valence electrons. The molecule has 2 heterocycles. The van der Waals surface area contributed by atoms with Crippen LogP contribution in [0.25, 0.3) is 0 Å². The van der Waals surface area contributed by atoms with E-state index in [1.807, 2.05) is 0 Å². The van der Waals surface area contributed by atoms with Crippen LogP contribution in [0.2, 0.25) is 0 Å². The smallest absolute Gasteiger partial charge is 0.347 e. The number of ether oxygens (including phenoxy) is 2. The average Bonchev–Trinajstić information content (AvgIpc) is 2.85. The predicted molar refractivity (Wildman–Crippen MR) is 76.5 cm³/mol. The molecule has 0 aliphatic carbocycles. The fourth-order valence-electron chi connectivity index (χ4n) is 2.67. The average molecular weight is 321 g/mol. The molecule has 2 atom stereocenters. The van der Waals surface area contributed by atoms with Gasteiger partial charge in [0.2, 0.25) is 12.0 Å². The summed E-state index contributed by atoms with van der Waals surface area (Å²) in [5.41, 5.74) is -0.633. The zero-order valence-corrected chi connectivity index (χ0v) is 12.6. The van der Waals surface area contributed by atoms with Gasteiger partial charge in [-0.05, 0) is 31.5 Å². The zero-order valence-electron chi connectivity index (χ0n) is 12.6. The maximum Gasteiger partial charge on any atom is 0.347 e. The molecule has 1 aromatic carbocycles. The SMILES string of the molecule is CC1(COC(=O)C2CC(=O)c3cc(F)ccc3O2)CCNC1=O. The monoisotopic (exact) mass is 321 g/mol. The van der Waals surface area contributed by atoms with E-state index in [0.717, 1.165) is 12.1 Å². The summed E-state index contributed by atoms with van der Waals surface area (Å²) in [6.07, 6.45) is -0.710. The standard InChI is InChI=1S/C16H16FNO5/c1-16(4-5-18-15(16)21)8-22-14(20)13-7-11(19)10-6-9(17)2-3-12(10)23-13/h2-3,6,13H,4-5,7-8H2,1H3,(H,18,21). The molecule has 1 saturated heterocycles. The molecule has 1 aromatic rings. The quantitative estimate of drug-likeness (QED) is 0.847. The van der Waals surface area contributed by atoms with Crippen LogP contribution in [0.15, 0.2) is 18.2 Å². The summed E-state index contributed by atoms with van der Waals surface area (Å²) < 4.78 is 23.8. The van der Waals surface area contributed by atoms with Crippen molar-refractivity contribution >= 4 is 17.7 Å². The maximum absolute atomic E-state index is 13.2. The number of Topliss-reactive ketones (excluding diaryl/α,β-unsaturated/α-hetero) is 1. The van der Waals surface area contributed by atoms with Crippen molar-refractivity contribution in [2.75, 3.05) is 13.2 Å². The van der Waals surface area contributed by atoms with E-state index in [0.29, 0.717) is 13.0 Å². The number of hydrogen-bond acceptors (Lipinski definition) is 5. The summed E-state index contributed by atoms with van der Waals surface area (Å²) in [5, 5.41) is 2.69. The number of carbonyl (C=O) groups is 3. The number of hydrogen-bond donors (Lipinski definition) is 1. The van der Waals surface area contributed by atoms with E-state index in [4.69, 9.17) is 9.47 Å². The highest BCUT2D eigenvalue weighted by molar-refractivity contribution is 6.02. The highest BCUT2D eigenvalue weighted by atomic mass is 19.1. The van der Waals surface area contributed by atoms with Gasteiger partial charge in [-0.15, -0.1) is 0 Å². The van der Waals surface area contributed by atoms with Gasteiger partial charge in [0.15, 0.2) is 5.78 Å². The lowest BCUT2D eigenvalue weighted by Crippen LogP contribution is -2.39. The molecule has 0 spiro atoms. The molecule has 3 rings (SSSR count). The van der Waals surface area contributed by atoms with Crippen LogP contribution in [-0.2, 0) is 14.3 Å². The molecule has 2 aliphatic heterocycles. The van der Waals surface area contributed by atoms with Crippen LogP contribution in [0.1, 0.15) is 30.1 Å². The second kappa shape index (κ2) is 5.64. The minimum absolute atomic E-state index is 0.0675. The van der Waals surface area contributed by atoms with Crippen molar-refractivity contribution in [3.63, 3.8) is 0 Å². The van der Waals surface area contributed by atoms with Crippen LogP contribution in [-0.4, -0.2) is 36.9 Å². The van der Waals surface area contributed by atoms with E-state index in [9.17, 15) is 18.8 Å². The van der Waals surface area contributed by atoms with Crippen LogP contribution in [0.3, 0.4) is 0 Å². The topological polar surface area (TPSA) is 81.7 Å². The Balaban J connectivity index is 1.66. The first-order valence-electron chi connectivity index (χ1n) is 7.33. The highest BCUT2D eigenvalue weighted by Gasteiger charge is 2.40. The van der Waals surface area contributed by atoms with Crippen molar-refractivity contribution in [2.24, 2.45) is 5.41 Å². The number of nitrogens with one attached hydrogen (secondary N) is 1. The summed E-state index contributed by atoms with van der Waals surface area (Å²) in [7, 11) is 0. The normalized spacial score (nSPS) is 26.3. The van der Waals surface area contributed by atoms with Gasteiger partial charge in [-0.3, -0.25) is 9.59 Å². The molecule has 0 aromatic heterocycles. The molecular weight excluding hydrogens is 305 g/mol. The lowest BCUT2D eigenvalue weighted by atomic mass is 9.90. The van der Waals surface area contributed by atoms with Crippen LogP contribution in [0.4, 0.5) is 4.39 Å². The number of rotatable bonds is 3. The van der Waals surface area contributed by atoms with Crippen molar-refractivity contribution < 1.29 is 28.2 Å². The molecule has 2 aliphatic rings. The van der Waals surface area contributed by atoms with Gasteiger partial charge in [0, 0.05) is 6.54 Å². The molecular formula is C16H16FNO5. The summed E-state index contributed by atoms with van der Waals surface area (Å²) in [4.78, 5) is 35.8. The number of halogens is 1. The van der Waals surface area contributed by atoms with Crippen molar-refractivity contribution in [2.45, 2.75) is 25.9 Å². The maximum atomic E-state index is 13.2. The third kappa shape index (κ3) is 2.91. The fourth-order valence-corrected chi connectivity index (χ4v) is 2.67. The van der Waals surface area contributed by atoms with Crippen LogP contribution in [0, 0.1) is 11.2 Å². The van der Waals surface area contributed by atoms with Gasteiger partial charge in [-0.25, -0.2) is 9.18 Å². The van der Waals surface area contributed by atoms with Gasteiger partial charge in [-0.2, -0.15) is 0 Å². The van der Waals surface area contributed by atoms with E-state index in [1.165, 1.54) is 6.07 Å². The minimum Gasteiger partial charge on any atom is -0.477 e. The first-order valence-corrected chi connectivity index (χ1v) is 7.33. The van der Waals surface area contributed by atoms with Gasteiger partial charge < -0.3 is 14.8 Å². The summed E-state index contributed by atoms with van der Waals surface area (Å²) in [6.45, 7) is 2.19. The second-order valence-electron chi connectivity index (χ2n) is 6.05. The minimum atomic E-state index is -1.08. The van der Waals surface area contributed by atoms with E-state index >= 15 is 0 Å². The van der Waals surface area contributed by atoms with Crippen LogP contribution in [0.5, 0.6) is 5.75 Å². The number of esters is 1. The molecule has 1 fully saturated rings. The molecule has 23 heavy (non-hydrogen) atoms. The molecule has 0 bridgehead atoms. The van der Waals surface area contributed by atoms with Crippen LogP contribution < -0.4 is 10.1 Å². The number of carbonyl (C=O) groups excluding carboxylic acids is 3. The number of fused-ring (bicyclic) bond motifs is 1. The molecule has 1 amide bonds. The van der Waals surface area contributed by atoms with Crippen LogP contribution >= 0.6 is 0 Å². The Morgan fingerprint density at radius 1 is 1.48 bits per heavy atom. The predicted octanol–water partition coefficient (Wildman–Crippen LogP) is 1.23. The molecule has 2 unspecified atom stereocenters. The second-order valence-corrected chi connectivity index (χ2v) is 6.05. The first kappa shape index (κ1) is 15.5. The number of amides is 1. The number of ketones is 1. The number of benzene rings is 1. The molecule has 0 saturated carbocycles. The largest absolute Gasteiger partial charge is 0.477 e. The Hall–Kier alpha value is -2.44. The van der Waals surface area contributed by atoms with Gasteiger partial charge in [-0.1, -0.05) is 0 Å². The van der Waals surface area contributed by atoms with Crippen molar-refractivity contribution in [3.8, 4) is 5.75 Å². The van der Waals surface area contributed by atoms with Crippen molar-refractivity contribution in [1.82, 2.24) is 5.32 Å². The molecule has 7 heteroatoms. The van der Waals surface area contributed by atoms with E-state index in [-0.39, 0.29) is 36.0 Å². The fraction of sp³-hybridized carbons (Fsp3) is 0.438. The Morgan fingerprint density at radius 3 is 2.96 bits per heavy atom. The first-order chi connectivity index (χ1) is 10.9. The lowest BCUT2D eigenvalue weighted by Gasteiger charge is -2.26. The molecule has 0 radical (unpaired) electrons.